The molecule has 1 N–H and O–H groups in total. The van der Waals surface area contributed by atoms with Crippen LogP contribution in [0.5, 0.6) is 11.5 Å². The number of nitrogens with one attached hydrogen (secondary N) is 1. The Morgan fingerprint density at radius 3 is 2.66 bits per heavy atom. The Hall–Kier alpha value is -3.10. The summed E-state index contributed by atoms with van der Waals surface area (Å²) < 4.78 is 11.5. The molecule has 9 heteroatoms. The van der Waals surface area contributed by atoms with Crippen LogP contribution in [0.15, 0.2) is 64.2 Å². The first kappa shape index (κ1) is 22.1. The van der Waals surface area contributed by atoms with E-state index in [4.69, 9.17) is 26.5 Å². The molecule has 0 atom stereocenters. The number of ether oxygens (including phenoxy) is 2. The second-order valence-electron chi connectivity index (χ2n) is 7.31. The molecule has 0 bridgehead atoms. The topological polar surface area (TPSA) is 87.3 Å². The molecule has 32 heavy (non-hydrogen) atoms. The summed E-state index contributed by atoms with van der Waals surface area (Å²) in [5, 5.41) is 16.0. The number of benzene rings is 2. The SMILES string of the molecule is CC(C)C1=NN2C(=N)/C(=C/c3cc(Cl)ccc3OCCOc3ccccc3)C(=O)N=C2S1. The lowest BCUT2D eigenvalue weighted by Crippen LogP contribution is -2.35. The van der Waals surface area contributed by atoms with Crippen molar-refractivity contribution in [2.45, 2.75) is 13.8 Å². The van der Waals surface area contributed by atoms with Crippen molar-refractivity contribution in [1.29, 1.82) is 5.41 Å². The predicted molar refractivity (Wildman–Crippen MR) is 129 cm³/mol. The number of carbonyl (C=O) groups excluding carboxylic acids is 1. The molecule has 0 unspecified atom stereocenters. The molecule has 2 aromatic carbocycles. The Morgan fingerprint density at radius 1 is 1.16 bits per heavy atom. The third kappa shape index (κ3) is 4.87. The first-order valence-electron chi connectivity index (χ1n) is 10.0. The largest absolute Gasteiger partial charge is 0.490 e. The van der Waals surface area contributed by atoms with Crippen LogP contribution in [0.3, 0.4) is 0 Å². The number of carbonyl (C=O) groups is 1. The van der Waals surface area contributed by atoms with Gasteiger partial charge in [-0.05, 0) is 48.2 Å². The number of thioether (sulfide) groups is 1. The third-order valence-corrected chi connectivity index (χ3v) is 6.03. The summed E-state index contributed by atoms with van der Waals surface area (Å²) in [6, 6.07) is 14.6. The fourth-order valence-corrected chi connectivity index (χ4v) is 4.06. The Labute approximate surface area is 195 Å². The summed E-state index contributed by atoms with van der Waals surface area (Å²) in [7, 11) is 0. The summed E-state index contributed by atoms with van der Waals surface area (Å²) in [5.74, 6) is 0.939. The molecular formula is C23H21ClN4O3S. The minimum atomic E-state index is -0.493. The summed E-state index contributed by atoms with van der Waals surface area (Å²) in [6.07, 6.45) is 1.57. The van der Waals surface area contributed by atoms with Crippen LogP contribution in [0, 0.1) is 11.3 Å². The number of rotatable bonds is 7. The van der Waals surface area contributed by atoms with Gasteiger partial charge in [0.25, 0.3) is 5.91 Å². The molecule has 2 aliphatic rings. The highest BCUT2D eigenvalue weighted by Gasteiger charge is 2.36. The molecule has 164 valence electrons. The van der Waals surface area contributed by atoms with Crippen LogP contribution < -0.4 is 9.47 Å². The summed E-state index contributed by atoms with van der Waals surface area (Å²) in [5.41, 5.74) is 0.694. The van der Waals surface area contributed by atoms with Crippen molar-refractivity contribution in [2.75, 3.05) is 13.2 Å². The van der Waals surface area contributed by atoms with E-state index in [1.165, 1.54) is 16.8 Å². The van der Waals surface area contributed by atoms with Crippen molar-refractivity contribution in [3.63, 3.8) is 0 Å². The molecule has 0 saturated heterocycles. The van der Waals surface area contributed by atoms with Gasteiger partial charge in [0.1, 0.15) is 29.8 Å². The Morgan fingerprint density at radius 2 is 1.91 bits per heavy atom. The van der Waals surface area contributed by atoms with Crippen molar-refractivity contribution in [3.8, 4) is 11.5 Å². The molecule has 2 aliphatic heterocycles. The van der Waals surface area contributed by atoms with Gasteiger partial charge in [0, 0.05) is 16.5 Å². The predicted octanol–water partition coefficient (Wildman–Crippen LogP) is 5.07. The molecular weight excluding hydrogens is 448 g/mol. The summed E-state index contributed by atoms with van der Waals surface area (Å²) in [4.78, 5) is 16.8. The standard InChI is InChI=1S/C23H21ClN4O3S/c1-14(2)22-27-28-20(25)18(21(29)26-23(28)32-22)13-15-12-16(24)8-9-19(15)31-11-10-30-17-6-4-3-5-7-17/h3-9,12-14,25H,10-11H2,1-2H3/b18-13-,25-20?. The highest BCUT2D eigenvalue weighted by atomic mass is 35.5. The molecule has 0 radical (unpaired) electrons. The molecule has 4 rings (SSSR count). The number of hydrogen-bond acceptors (Lipinski definition) is 6. The quantitative estimate of drug-likeness (QED) is 0.452. The smallest absolute Gasteiger partial charge is 0.283 e. The van der Waals surface area contributed by atoms with Crippen LogP contribution >= 0.6 is 23.4 Å². The second-order valence-corrected chi connectivity index (χ2v) is 8.73. The van der Waals surface area contributed by atoms with E-state index in [1.54, 1.807) is 24.3 Å². The van der Waals surface area contributed by atoms with Gasteiger partial charge in [-0.25, -0.2) is 0 Å². The molecule has 0 spiro atoms. The van der Waals surface area contributed by atoms with Crippen molar-refractivity contribution in [2.24, 2.45) is 16.0 Å². The number of halogens is 1. The number of amides is 1. The average molecular weight is 469 g/mol. The maximum Gasteiger partial charge on any atom is 0.283 e. The van der Waals surface area contributed by atoms with Crippen LogP contribution in [0.1, 0.15) is 19.4 Å². The zero-order valence-corrected chi connectivity index (χ0v) is 19.1. The molecule has 7 nitrogen and oxygen atoms in total. The minimum Gasteiger partial charge on any atom is -0.490 e. The number of amidine groups is 2. The Bertz CT molecular complexity index is 1150. The maximum absolute atomic E-state index is 12.7. The van der Waals surface area contributed by atoms with Crippen LogP contribution in [-0.4, -0.2) is 40.2 Å². The van der Waals surface area contributed by atoms with Crippen molar-refractivity contribution in [1.82, 2.24) is 5.01 Å². The van der Waals surface area contributed by atoms with Crippen LogP contribution in [0.2, 0.25) is 5.02 Å². The summed E-state index contributed by atoms with van der Waals surface area (Å²) >= 11 is 7.49. The normalized spacial score (nSPS) is 16.9. The number of fused-ring (bicyclic) bond motifs is 1. The van der Waals surface area contributed by atoms with Crippen LogP contribution in [0.25, 0.3) is 6.08 Å². The van der Waals surface area contributed by atoms with Gasteiger partial charge in [-0.1, -0.05) is 43.6 Å². The zero-order chi connectivity index (χ0) is 22.7. The molecule has 2 heterocycles. The number of hydrogen-bond donors (Lipinski definition) is 1. The third-order valence-electron chi connectivity index (χ3n) is 4.59. The van der Waals surface area contributed by atoms with E-state index in [-0.39, 0.29) is 17.3 Å². The number of aliphatic imine (C=N–C) groups is 1. The first-order chi connectivity index (χ1) is 15.4. The van der Waals surface area contributed by atoms with Gasteiger partial charge in [-0.2, -0.15) is 15.1 Å². The van der Waals surface area contributed by atoms with Gasteiger partial charge in [-0.3, -0.25) is 10.2 Å². The van der Waals surface area contributed by atoms with Gasteiger partial charge in [-0.15, -0.1) is 0 Å². The monoisotopic (exact) mass is 468 g/mol. The Kier molecular flexibility index (Phi) is 6.62. The molecule has 0 saturated carbocycles. The molecule has 2 aromatic rings. The molecule has 1 amide bonds. The first-order valence-corrected chi connectivity index (χ1v) is 11.2. The minimum absolute atomic E-state index is 0.0264. The van der Waals surface area contributed by atoms with E-state index in [9.17, 15) is 4.79 Å². The van der Waals surface area contributed by atoms with Crippen molar-refractivity contribution in [3.05, 3.63) is 64.7 Å². The van der Waals surface area contributed by atoms with E-state index in [0.717, 1.165) is 10.8 Å². The summed E-state index contributed by atoms with van der Waals surface area (Å²) in [6.45, 7) is 4.65. The maximum atomic E-state index is 12.7. The van der Waals surface area contributed by atoms with Gasteiger partial charge < -0.3 is 9.47 Å². The fraction of sp³-hybridized carbons (Fsp3) is 0.217. The lowest BCUT2D eigenvalue weighted by atomic mass is 10.1. The van der Waals surface area contributed by atoms with Gasteiger partial charge in [0.05, 0.1) is 5.57 Å². The van der Waals surface area contributed by atoms with Crippen LogP contribution in [0.4, 0.5) is 0 Å². The fourth-order valence-electron chi connectivity index (χ4n) is 2.99. The number of hydrazone groups is 1. The lowest BCUT2D eigenvalue weighted by Gasteiger charge is -2.20. The Balaban J connectivity index is 1.52. The van der Waals surface area contributed by atoms with Crippen molar-refractivity contribution >= 4 is 51.4 Å². The van der Waals surface area contributed by atoms with E-state index in [1.807, 2.05) is 44.2 Å². The molecule has 0 aromatic heterocycles. The highest BCUT2D eigenvalue weighted by Crippen LogP contribution is 2.32. The van der Waals surface area contributed by atoms with E-state index < -0.39 is 5.91 Å². The van der Waals surface area contributed by atoms with E-state index in [0.29, 0.717) is 34.7 Å². The van der Waals surface area contributed by atoms with Gasteiger partial charge in [0.15, 0.2) is 5.84 Å². The molecule has 0 fully saturated rings. The number of nitrogens with zero attached hydrogens (tertiary/aromatic N) is 3. The van der Waals surface area contributed by atoms with Crippen LogP contribution in [-0.2, 0) is 4.79 Å². The van der Waals surface area contributed by atoms with E-state index in [2.05, 4.69) is 10.1 Å². The molecule has 0 aliphatic carbocycles. The van der Waals surface area contributed by atoms with Gasteiger partial charge in [0.2, 0.25) is 5.17 Å². The number of para-hydroxylation sites is 1. The lowest BCUT2D eigenvalue weighted by molar-refractivity contribution is -0.114. The second kappa shape index (κ2) is 9.58. The van der Waals surface area contributed by atoms with E-state index >= 15 is 0 Å². The zero-order valence-electron chi connectivity index (χ0n) is 17.5. The highest BCUT2D eigenvalue weighted by molar-refractivity contribution is 8.27. The van der Waals surface area contributed by atoms with Crippen molar-refractivity contribution < 1.29 is 14.3 Å². The average Bonchev–Trinajstić information content (AvgIpc) is 3.20. The van der Waals surface area contributed by atoms with Gasteiger partial charge >= 0.3 is 0 Å².